The lowest BCUT2D eigenvalue weighted by atomic mass is 10.1. The fraction of sp³-hybridized carbons (Fsp3) is 0.292. The van der Waals surface area contributed by atoms with E-state index in [1.807, 2.05) is 23.1 Å². The Morgan fingerprint density at radius 1 is 1.19 bits per heavy atom. The van der Waals surface area contributed by atoms with Crippen molar-refractivity contribution in [3.05, 3.63) is 83.4 Å². The standard InChI is InChI=1S/C24H26FN5O2/c25-19-5-1-3-17(13-19)8-11-27-23-21(24(32)28-15-18-4-2-10-26-14-18)6-7-22(29-23)30-12-9-20(31)16-30/h1-7,10,13-14,20,31H,8-9,11-12,15-16H2,(H,27,29)(H,28,32)/t20-/m1/s1. The number of aromatic nitrogens is 2. The summed E-state index contributed by atoms with van der Waals surface area (Å²) >= 11 is 0. The molecular formula is C24H26FN5O2. The SMILES string of the molecule is O=C(NCc1cccnc1)c1ccc(N2CC[C@@H](O)C2)nc1NCCc1cccc(F)c1. The third kappa shape index (κ3) is 5.59. The van der Waals surface area contributed by atoms with Gasteiger partial charge in [0.15, 0.2) is 0 Å². The zero-order valence-electron chi connectivity index (χ0n) is 17.7. The number of nitrogens with one attached hydrogen (secondary N) is 2. The van der Waals surface area contributed by atoms with E-state index in [2.05, 4.69) is 20.6 Å². The van der Waals surface area contributed by atoms with Crippen molar-refractivity contribution >= 4 is 17.5 Å². The van der Waals surface area contributed by atoms with Crippen molar-refractivity contribution in [1.29, 1.82) is 0 Å². The first-order valence-corrected chi connectivity index (χ1v) is 10.7. The topological polar surface area (TPSA) is 90.4 Å². The molecule has 3 heterocycles. The molecule has 4 rings (SSSR count). The molecule has 2 aromatic heterocycles. The first-order valence-electron chi connectivity index (χ1n) is 10.7. The van der Waals surface area contributed by atoms with Crippen LogP contribution in [-0.2, 0) is 13.0 Å². The number of carbonyl (C=O) groups excluding carboxylic acids is 1. The number of rotatable bonds is 8. The van der Waals surface area contributed by atoms with Crippen LogP contribution < -0.4 is 15.5 Å². The van der Waals surface area contributed by atoms with Gasteiger partial charge in [-0.25, -0.2) is 9.37 Å². The quantitative estimate of drug-likeness (QED) is 0.504. The van der Waals surface area contributed by atoms with Crippen LogP contribution in [0.15, 0.2) is 60.9 Å². The average molecular weight is 436 g/mol. The maximum absolute atomic E-state index is 13.5. The summed E-state index contributed by atoms with van der Waals surface area (Å²) in [5.41, 5.74) is 2.19. The van der Waals surface area contributed by atoms with E-state index in [0.29, 0.717) is 56.2 Å². The number of anilines is 2. The highest BCUT2D eigenvalue weighted by molar-refractivity contribution is 5.99. The van der Waals surface area contributed by atoms with Gasteiger partial charge in [-0.15, -0.1) is 0 Å². The van der Waals surface area contributed by atoms with Crippen LogP contribution in [0.5, 0.6) is 0 Å². The molecule has 0 unspecified atom stereocenters. The van der Waals surface area contributed by atoms with Crippen LogP contribution in [-0.4, -0.2) is 46.7 Å². The molecule has 3 N–H and O–H groups in total. The molecule has 1 aliphatic rings. The van der Waals surface area contributed by atoms with Crippen LogP contribution in [0, 0.1) is 5.82 Å². The number of hydrogen-bond donors (Lipinski definition) is 3. The van der Waals surface area contributed by atoms with Crippen molar-refractivity contribution in [1.82, 2.24) is 15.3 Å². The molecule has 8 heteroatoms. The van der Waals surface area contributed by atoms with Crippen LogP contribution in [0.1, 0.15) is 27.9 Å². The van der Waals surface area contributed by atoms with E-state index in [1.165, 1.54) is 12.1 Å². The van der Waals surface area contributed by atoms with Gasteiger partial charge in [0.05, 0.1) is 11.7 Å². The van der Waals surface area contributed by atoms with E-state index in [4.69, 9.17) is 0 Å². The summed E-state index contributed by atoms with van der Waals surface area (Å²) in [6.07, 6.45) is 4.30. The second-order valence-electron chi connectivity index (χ2n) is 7.80. The summed E-state index contributed by atoms with van der Waals surface area (Å²) in [5.74, 6) is 0.649. The van der Waals surface area contributed by atoms with Gasteiger partial charge in [0.1, 0.15) is 17.5 Å². The van der Waals surface area contributed by atoms with Gasteiger partial charge in [-0.2, -0.15) is 0 Å². The van der Waals surface area contributed by atoms with Crippen molar-refractivity contribution in [2.75, 3.05) is 29.9 Å². The van der Waals surface area contributed by atoms with Gasteiger partial charge >= 0.3 is 0 Å². The highest BCUT2D eigenvalue weighted by atomic mass is 19.1. The summed E-state index contributed by atoms with van der Waals surface area (Å²) in [6.45, 7) is 2.08. The fourth-order valence-corrected chi connectivity index (χ4v) is 3.69. The summed E-state index contributed by atoms with van der Waals surface area (Å²) < 4.78 is 13.5. The minimum absolute atomic E-state index is 0.248. The molecule has 0 spiro atoms. The van der Waals surface area contributed by atoms with E-state index in [1.54, 1.807) is 30.6 Å². The molecule has 0 aliphatic carbocycles. The van der Waals surface area contributed by atoms with Crippen LogP contribution >= 0.6 is 0 Å². The van der Waals surface area contributed by atoms with Crippen LogP contribution in [0.2, 0.25) is 0 Å². The Balaban J connectivity index is 1.49. The lowest BCUT2D eigenvalue weighted by Crippen LogP contribution is -2.26. The third-order valence-corrected chi connectivity index (χ3v) is 5.38. The minimum Gasteiger partial charge on any atom is -0.391 e. The number of benzene rings is 1. The molecule has 1 aromatic carbocycles. The van der Waals surface area contributed by atoms with E-state index in [9.17, 15) is 14.3 Å². The van der Waals surface area contributed by atoms with Gasteiger partial charge in [-0.3, -0.25) is 9.78 Å². The number of nitrogens with zero attached hydrogens (tertiary/aromatic N) is 3. The number of β-amino-alcohol motifs (C(OH)–C–C–N with tert-alkyl or cyclic N) is 1. The molecule has 1 amide bonds. The number of hydrogen-bond acceptors (Lipinski definition) is 6. The first-order chi connectivity index (χ1) is 15.6. The Labute approximate surface area is 186 Å². The van der Waals surface area contributed by atoms with Crippen LogP contribution in [0.4, 0.5) is 16.0 Å². The third-order valence-electron chi connectivity index (χ3n) is 5.38. The summed E-state index contributed by atoms with van der Waals surface area (Å²) in [7, 11) is 0. The molecule has 32 heavy (non-hydrogen) atoms. The molecule has 7 nitrogen and oxygen atoms in total. The van der Waals surface area contributed by atoms with Crippen molar-refractivity contribution in [3.8, 4) is 0 Å². The molecule has 0 saturated carbocycles. The Morgan fingerprint density at radius 2 is 2.06 bits per heavy atom. The summed E-state index contributed by atoms with van der Waals surface area (Å²) in [4.78, 5) is 23.6. The second kappa shape index (κ2) is 10.2. The lowest BCUT2D eigenvalue weighted by Gasteiger charge is -2.19. The Bertz CT molecular complexity index is 1060. The number of amides is 1. The Kier molecular flexibility index (Phi) is 6.91. The maximum Gasteiger partial charge on any atom is 0.255 e. The molecule has 1 saturated heterocycles. The maximum atomic E-state index is 13.5. The van der Waals surface area contributed by atoms with E-state index >= 15 is 0 Å². The van der Waals surface area contributed by atoms with Gasteiger partial charge < -0.3 is 20.6 Å². The Morgan fingerprint density at radius 3 is 2.81 bits per heavy atom. The lowest BCUT2D eigenvalue weighted by molar-refractivity contribution is 0.0951. The normalized spacial score (nSPS) is 15.6. The number of halogens is 1. The van der Waals surface area contributed by atoms with Gasteiger partial charge in [0.25, 0.3) is 5.91 Å². The summed E-state index contributed by atoms with van der Waals surface area (Å²) in [5, 5.41) is 16.0. The highest BCUT2D eigenvalue weighted by Crippen LogP contribution is 2.23. The minimum atomic E-state index is -0.372. The van der Waals surface area contributed by atoms with Gasteiger partial charge in [-0.1, -0.05) is 18.2 Å². The molecule has 0 radical (unpaired) electrons. The summed E-state index contributed by atoms with van der Waals surface area (Å²) in [6, 6.07) is 13.7. The second-order valence-corrected chi connectivity index (χ2v) is 7.80. The number of aliphatic hydroxyl groups excluding tert-OH is 1. The highest BCUT2D eigenvalue weighted by Gasteiger charge is 2.23. The van der Waals surface area contributed by atoms with E-state index in [-0.39, 0.29) is 17.8 Å². The molecule has 1 aliphatic heterocycles. The number of carbonyl (C=O) groups is 1. The molecule has 1 atom stereocenters. The van der Waals surface area contributed by atoms with Gasteiger partial charge in [-0.05, 0) is 54.3 Å². The first kappa shape index (κ1) is 21.7. The van der Waals surface area contributed by atoms with Crippen LogP contribution in [0.3, 0.4) is 0 Å². The van der Waals surface area contributed by atoms with Crippen molar-refractivity contribution in [3.63, 3.8) is 0 Å². The number of aliphatic hydroxyl groups is 1. The molecule has 0 bridgehead atoms. The zero-order valence-corrected chi connectivity index (χ0v) is 17.7. The molecule has 1 fully saturated rings. The molecule has 166 valence electrons. The monoisotopic (exact) mass is 435 g/mol. The van der Waals surface area contributed by atoms with Crippen molar-refractivity contribution in [2.45, 2.75) is 25.5 Å². The molecular weight excluding hydrogens is 409 g/mol. The average Bonchev–Trinajstić information content (AvgIpc) is 3.24. The predicted molar refractivity (Wildman–Crippen MR) is 121 cm³/mol. The van der Waals surface area contributed by atoms with Gasteiger partial charge in [0, 0.05) is 38.6 Å². The Hall–Kier alpha value is -3.52. The van der Waals surface area contributed by atoms with E-state index < -0.39 is 0 Å². The van der Waals surface area contributed by atoms with Gasteiger partial charge in [0.2, 0.25) is 0 Å². The zero-order chi connectivity index (χ0) is 22.3. The van der Waals surface area contributed by atoms with Crippen LogP contribution in [0.25, 0.3) is 0 Å². The smallest absolute Gasteiger partial charge is 0.255 e. The number of pyridine rings is 2. The van der Waals surface area contributed by atoms with Crippen molar-refractivity contribution in [2.24, 2.45) is 0 Å². The van der Waals surface area contributed by atoms with E-state index in [0.717, 1.165) is 11.1 Å². The predicted octanol–water partition coefficient (Wildman–Crippen LogP) is 2.77. The molecule has 3 aromatic rings. The van der Waals surface area contributed by atoms with Crippen molar-refractivity contribution < 1.29 is 14.3 Å². The fourth-order valence-electron chi connectivity index (χ4n) is 3.69. The largest absolute Gasteiger partial charge is 0.391 e.